The first-order valence-electron chi connectivity index (χ1n) is 7.28. The molecule has 0 radical (unpaired) electrons. The van der Waals surface area contributed by atoms with E-state index in [1.54, 1.807) is 0 Å². The molecule has 1 saturated heterocycles. The number of nitrogens with zero attached hydrogens (tertiary/aromatic N) is 1. The zero-order valence-electron chi connectivity index (χ0n) is 12.3. The maximum absolute atomic E-state index is 12.3. The van der Waals surface area contributed by atoms with Crippen molar-refractivity contribution in [3.05, 3.63) is 35.9 Å². The SMILES string of the molecule is CC(=O)NN(C(=O)NCc1ccccc1)C1CCCCN1. The zero-order chi connectivity index (χ0) is 15.1. The van der Waals surface area contributed by atoms with Gasteiger partial charge < -0.3 is 5.32 Å². The molecule has 3 N–H and O–H groups in total. The van der Waals surface area contributed by atoms with Crippen molar-refractivity contribution in [3.8, 4) is 0 Å². The van der Waals surface area contributed by atoms with E-state index in [1.807, 2.05) is 30.3 Å². The Kier molecular flexibility index (Phi) is 5.57. The van der Waals surface area contributed by atoms with Crippen LogP contribution in [0.3, 0.4) is 0 Å². The molecule has 0 saturated carbocycles. The normalized spacial score (nSPS) is 17.9. The number of carbonyl (C=O) groups is 2. The molecule has 3 amide bonds. The van der Waals surface area contributed by atoms with Gasteiger partial charge in [-0.15, -0.1) is 0 Å². The maximum Gasteiger partial charge on any atom is 0.337 e. The largest absolute Gasteiger partial charge is 0.337 e. The summed E-state index contributed by atoms with van der Waals surface area (Å²) in [6.45, 7) is 2.69. The standard InChI is InChI=1S/C15H22N4O2/c1-12(20)18-19(14-9-5-6-10-16-14)15(21)17-11-13-7-3-2-4-8-13/h2-4,7-8,14,16H,5-6,9-11H2,1H3,(H,17,21)(H,18,20). The third-order valence-electron chi connectivity index (χ3n) is 3.38. The lowest BCUT2D eigenvalue weighted by Crippen LogP contribution is -2.60. The zero-order valence-corrected chi connectivity index (χ0v) is 12.3. The number of piperidine rings is 1. The first kappa shape index (κ1) is 15.3. The van der Waals surface area contributed by atoms with Gasteiger partial charge in [-0.05, 0) is 31.4 Å². The quantitative estimate of drug-likeness (QED) is 0.736. The molecule has 1 aromatic rings. The van der Waals surface area contributed by atoms with Crippen LogP contribution in [-0.2, 0) is 11.3 Å². The Morgan fingerprint density at radius 1 is 1.29 bits per heavy atom. The minimum Gasteiger partial charge on any atom is -0.332 e. The fourth-order valence-corrected chi connectivity index (χ4v) is 2.35. The van der Waals surface area contributed by atoms with Crippen molar-refractivity contribution in [2.45, 2.75) is 38.9 Å². The molecule has 21 heavy (non-hydrogen) atoms. The van der Waals surface area contributed by atoms with E-state index in [1.165, 1.54) is 11.9 Å². The molecule has 1 unspecified atom stereocenters. The van der Waals surface area contributed by atoms with Crippen molar-refractivity contribution in [1.29, 1.82) is 0 Å². The third kappa shape index (κ3) is 4.75. The van der Waals surface area contributed by atoms with E-state index in [2.05, 4.69) is 16.1 Å². The van der Waals surface area contributed by atoms with Gasteiger partial charge in [0.15, 0.2) is 0 Å². The van der Waals surface area contributed by atoms with Crippen LogP contribution in [0.25, 0.3) is 0 Å². The van der Waals surface area contributed by atoms with Crippen molar-refractivity contribution in [1.82, 2.24) is 21.1 Å². The highest BCUT2D eigenvalue weighted by atomic mass is 16.2. The van der Waals surface area contributed by atoms with E-state index < -0.39 is 0 Å². The van der Waals surface area contributed by atoms with Crippen LogP contribution in [0.15, 0.2) is 30.3 Å². The smallest absolute Gasteiger partial charge is 0.332 e. The molecule has 0 spiro atoms. The summed E-state index contributed by atoms with van der Waals surface area (Å²) in [5, 5.41) is 7.45. The Hall–Kier alpha value is -2.08. The predicted octanol–water partition coefficient (Wildman–Crippen LogP) is 1.35. The molecular formula is C15H22N4O2. The van der Waals surface area contributed by atoms with Gasteiger partial charge in [-0.3, -0.25) is 15.5 Å². The topological polar surface area (TPSA) is 73.5 Å². The molecule has 6 nitrogen and oxygen atoms in total. The minimum atomic E-state index is -0.298. The average Bonchev–Trinajstić information content (AvgIpc) is 2.52. The second-order valence-electron chi connectivity index (χ2n) is 5.15. The summed E-state index contributed by atoms with van der Waals surface area (Å²) < 4.78 is 0. The molecule has 0 bridgehead atoms. The van der Waals surface area contributed by atoms with E-state index in [-0.39, 0.29) is 18.1 Å². The van der Waals surface area contributed by atoms with E-state index in [0.29, 0.717) is 6.54 Å². The molecule has 114 valence electrons. The number of benzene rings is 1. The number of rotatable bonds is 3. The molecule has 1 aliphatic rings. The number of hydrogen-bond acceptors (Lipinski definition) is 3. The summed E-state index contributed by atoms with van der Waals surface area (Å²) in [6.07, 6.45) is 2.81. The van der Waals surface area contributed by atoms with Gasteiger partial charge in [0, 0.05) is 13.5 Å². The van der Waals surface area contributed by atoms with Crippen molar-refractivity contribution in [2.75, 3.05) is 6.54 Å². The fourth-order valence-electron chi connectivity index (χ4n) is 2.35. The summed E-state index contributed by atoms with van der Waals surface area (Å²) in [5.41, 5.74) is 3.62. The maximum atomic E-state index is 12.3. The van der Waals surface area contributed by atoms with Gasteiger partial charge in [-0.25, -0.2) is 9.80 Å². The van der Waals surface area contributed by atoms with Gasteiger partial charge in [-0.1, -0.05) is 30.3 Å². The summed E-state index contributed by atoms with van der Waals surface area (Å²) in [4.78, 5) is 23.6. The monoisotopic (exact) mass is 290 g/mol. The number of amides is 3. The van der Waals surface area contributed by atoms with Gasteiger partial charge in [0.1, 0.15) is 6.17 Å². The van der Waals surface area contributed by atoms with Crippen LogP contribution in [0.4, 0.5) is 4.79 Å². The van der Waals surface area contributed by atoms with Crippen LogP contribution < -0.4 is 16.1 Å². The lowest BCUT2D eigenvalue weighted by atomic mass is 10.1. The van der Waals surface area contributed by atoms with Gasteiger partial charge in [-0.2, -0.15) is 0 Å². The Morgan fingerprint density at radius 2 is 2.05 bits per heavy atom. The first-order chi connectivity index (χ1) is 10.2. The van der Waals surface area contributed by atoms with Gasteiger partial charge in [0.05, 0.1) is 0 Å². The fraction of sp³-hybridized carbons (Fsp3) is 0.467. The lowest BCUT2D eigenvalue weighted by Gasteiger charge is -2.34. The molecule has 1 aliphatic heterocycles. The van der Waals surface area contributed by atoms with Gasteiger partial charge in [0.2, 0.25) is 5.91 Å². The van der Waals surface area contributed by atoms with Crippen LogP contribution in [-0.4, -0.2) is 29.7 Å². The average molecular weight is 290 g/mol. The van der Waals surface area contributed by atoms with E-state index in [9.17, 15) is 9.59 Å². The van der Waals surface area contributed by atoms with E-state index in [4.69, 9.17) is 0 Å². The van der Waals surface area contributed by atoms with Crippen molar-refractivity contribution >= 4 is 11.9 Å². The highest BCUT2D eigenvalue weighted by molar-refractivity contribution is 5.80. The molecule has 1 aromatic carbocycles. The molecular weight excluding hydrogens is 268 g/mol. The van der Waals surface area contributed by atoms with E-state index >= 15 is 0 Å². The van der Waals surface area contributed by atoms with E-state index in [0.717, 1.165) is 31.4 Å². The minimum absolute atomic E-state index is 0.154. The van der Waals surface area contributed by atoms with Crippen LogP contribution in [0.2, 0.25) is 0 Å². The van der Waals surface area contributed by atoms with Crippen molar-refractivity contribution in [3.63, 3.8) is 0 Å². The second-order valence-corrected chi connectivity index (χ2v) is 5.15. The molecule has 1 fully saturated rings. The molecule has 6 heteroatoms. The second kappa shape index (κ2) is 7.64. The van der Waals surface area contributed by atoms with Crippen molar-refractivity contribution < 1.29 is 9.59 Å². The summed E-state index contributed by atoms with van der Waals surface area (Å²) in [5.74, 6) is -0.253. The Balaban J connectivity index is 1.94. The number of urea groups is 1. The molecule has 2 rings (SSSR count). The van der Waals surface area contributed by atoms with Crippen LogP contribution >= 0.6 is 0 Å². The Morgan fingerprint density at radius 3 is 2.67 bits per heavy atom. The van der Waals surface area contributed by atoms with Gasteiger partial charge in [0.25, 0.3) is 0 Å². The number of nitrogens with one attached hydrogen (secondary N) is 3. The summed E-state index contributed by atoms with van der Waals surface area (Å²) in [6, 6.07) is 9.38. The highest BCUT2D eigenvalue weighted by Gasteiger charge is 2.25. The predicted molar refractivity (Wildman–Crippen MR) is 80.0 cm³/mol. The number of carbonyl (C=O) groups excluding carboxylic acids is 2. The van der Waals surface area contributed by atoms with Crippen LogP contribution in [0.1, 0.15) is 31.7 Å². The first-order valence-corrected chi connectivity index (χ1v) is 7.28. The molecule has 1 atom stereocenters. The Bertz CT molecular complexity index is 472. The third-order valence-corrected chi connectivity index (χ3v) is 3.38. The van der Waals surface area contributed by atoms with Crippen LogP contribution in [0, 0.1) is 0 Å². The highest BCUT2D eigenvalue weighted by Crippen LogP contribution is 2.10. The molecule has 0 aromatic heterocycles. The van der Waals surface area contributed by atoms with Crippen LogP contribution in [0.5, 0.6) is 0 Å². The van der Waals surface area contributed by atoms with Gasteiger partial charge >= 0.3 is 6.03 Å². The summed E-state index contributed by atoms with van der Waals surface area (Å²) >= 11 is 0. The number of hydrogen-bond donors (Lipinski definition) is 3. The van der Waals surface area contributed by atoms with Crippen molar-refractivity contribution in [2.24, 2.45) is 0 Å². The Labute approximate surface area is 124 Å². The molecule has 1 heterocycles. The number of hydrazine groups is 1. The molecule has 0 aliphatic carbocycles. The lowest BCUT2D eigenvalue weighted by molar-refractivity contribution is -0.123. The summed E-state index contributed by atoms with van der Waals surface area (Å²) in [7, 11) is 0.